The van der Waals surface area contributed by atoms with Crippen molar-refractivity contribution in [2.24, 2.45) is 17.6 Å². The monoisotopic (exact) mass is 825 g/mol. The number of anilines is 2. The number of methoxy groups -OCH3 is 1. The minimum absolute atomic E-state index is 0.00336. The second kappa shape index (κ2) is 17.3. The highest BCUT2D eigenvalue weighted by Crippen LogP contribution is 2.41. The van der Waals surface area contributed by atoms with E-state index < -0.39 is 53.9 Å². The lowest BCUT2D eigenvalue weighted by atomic mass is 10.0. The number of pyridine rings is 1. The molecule has 58 heavy (non-hydrogen) atoms. The molecular weight excluding hydrogens is 783 g/mol. The third kappa shape index (κ3) is 9.45. The second-order valence-electron chi connectivity index (χ2n) is 14.4. The Labute approximate surface area is 336 Å². The van der Waals surface area contributed by atoms with Gasteiger partial charge >= 0.3 is 12.5 Å². The van der Waals surface area contributed by atoms with E-state index in [1.54, 1.807) is 56.4 Å². The summed E-state index contributed by atoms with van der Waals surface area (Å²) in [4.78, 5) is 66.9. The number of nitrogens with zero attached hydrogens (tertiary/aromatic N) is 4. The average molecular weight is 826 g/mol. The number of hydrogen-bond donors (Lipinski definition) is 5. The number of ether oxygens (including phenoxy) is 2. The fourth-order valence-corrected chi connectivity index (χ4v) is 7.26. The standard InChI is InChI=1S/C39H43ClF3N9O6/c1-20(2)33(50-38(56)57-4)37(55)52-19-25(34(44)53)13-30(52)35-47-18-29(48-35)23-7-5-22(6-8-23)26-14-27(40)28(15-31(26)58-39(41,42)43)49-36(54)24-9-10-32(46-17-24)51-12-11-45-16-21(51)3/h5-10,14-15,17-18,20-21,25,30,33,45H,11-13,16,19H2,1-4H3,(H2,44,53)(H,47,48)(H,49,54)(H,50,56)/t21?,25-,30-,33-/m0/s1. The number of aromatic nitrogens is 3. The van der Waals surface area contributed by atoms with Gasteiger partial charge in [0.1, 0.15) is 23.4 Å². The molecule has 4 heterocycles. The minimum Gasteiger partial charge on any atom is -0.453 e. The van der Waals surface area contributed by atoms with Gasteiger partial charge in [-0.15, -0.1) is 13.2 Å². The van der Waals surface area contributed by atoms with Gasteiger partial charge in [-0.05, 0) is 43.0 Å². The number of alkyl carbamates (subject to hydrolysis) is 1. The summed E-state index contributed by atoms with van der Waals surface area (Å²) in [5, 5.41) is 8.39. The molecule has 1 unspecified atom stereocenters. The fraction of sp³-hybridized carbons (Fsp3) is 0.385. The maximum absolute atomic E-state index is 13.7. The van der Waals surface area contributed by atoms with E-state index in [-0.39, 0.29) is 46.8 Å². The van der Waals surface area contributed by atoms with Crippen LogP contribution in [0.1, 0.15) is 49.4 Å². The van der Waals surface area contributed by atoms with Crippen LogP contribution < -0.4 is 31.3 Å². The fourth-order valence-electron chi connectivity index (χ4n) is 7.05. The molecule has 2 aliphatic rings. The van der Waals surface area contributed by atoms with E-state index in [1.165, 1.54) is 24.3 Å². The number of piperazine rings is 1. The number of carbonyl (C=O) groups is 4. The van der Waals surface area contributed by atoms with E-state index in [0.717, 1.165) is 25.7 Å². The molecule has 0 spiro atoms. The lowest BCUT2D eigenvalue weighted by Gasteiger charge is -2.34. The number of primary amides is 1. The summed E-state index contributed by atoms with van der Waals surface area (Å²) in [7, 11) is 1.19. The van der Waals surface area contributed by atoms with Gasteiger partial charge in [0.2, 0.25) is 11.8 Å². The first-order chi connectivity index (χ1) is 27.5. The van der Waals surface area contributed by atoms with Gasteiger partial charge in [-0.2, -0.15) is 0 Å². The van der Waals surface area contributed by atoms with Crippen molar-refractivity contribution in [2.75, 3.05) is 43.5 Å². The Morgan fingerprint density at radius 3 is 2.41 bits per heavy atom. The molecule has 4 aromatic rings. The van der Waals surface area contributed by atoms with Gasteiger partial charge in [0.25, 0.3) is 5.91 Å². The number of rotatable bonds is 11. The number of benzene rings is 2. The molecule has 308 valence electrons. The van der Waals surface area contributed by atoms with Crippen LogP contribution in [-0.2, 0) is 14.3 Å². The Morgan fingerprint density at radius 1 is 1.07 bits per heavy atom. The summed E-state index contributed by atoms with van der Waals surface area (Å²) in [5.41, 5.74) is 7.04. The molecule has 4 amide bonds. The molecule has 2 aromatic heterocycles. The molecule has 19 heteroatoms. The van der Waals surface area contributed by atoms with E-state index in [2.05, 4.69) is 42.5 Å². The van der Waals surface area contributed by atoms with Crippen LogP contribution in [0.4, 0.5) is 29.5 Å². The number of nitrogens with two attached hydrogens (primary N) is 1. The zero-order valence-corrected chi connectivity index (χ0v) is 32.8. The predicted octanol–water partition coefficient (Wildman–Crippen LogP) is 5.50. The molecule has 0 bridgehead atoms. The number of aromatic amines is 1. The minimum atomic E-state index is -5.07. The predicted molar refractivity (Wildman–Crippen MR) is 209 cm³/mol. The van der Waals surface area contributed by atoms with E-state index in [0.29, 0.717) is 28.5 Å². The van der Waals surface area contributed by atoms with Crippen LogP contribution >= 0.6 is 11.6 Å². The van der Waals surface area contributed by atoms with Crippen molar-refractivity contribution in [1.82, 2.24) is 30.5 Å². The topological polar surface area (TPSA) is 197 Å². The summed E-state index contributed by atoms with van der Waals surface area (Å²) in [6, 6.07) is 10.5. The molecular formula is C39H43ClF3N9O6. The number of imidazole rings is 1. The quantitative estimate of drug-likeness (QED) is 0.129. The van der Waals surface area contributed by atoms with Crippen LogP contribution in [0.2, 0.25) is 5.02 Å². The Balaban J connectivity index is 1.22. The summed E-state index contributed by atoms with van der Waals surface area (Å²) in [6.07, 6.45) is -2.67. The molecule has 0 aliphatic carbocycles. The largest absolute Gasteiger partial charge is 0.573 e. The average Bonchev–Trinajstić information content (AvgIpc) is 3.86. The van der Waals surface area contributed by atoms with Gasteiger partial charge in [-0.1, -0.05) is 49.7 Å². The Hall–Kier alpha value is -5.88. The van der Waals surface area contributed by atoms with Crippen LogP contribution in [0.3, 0.4) is 0 Å². The van der Waals surface area contributed by atoms with Crippen molar-refractivity contribution in [2.45, 2.75) is 51.7 Å². The van der Waals surface area contributed by atoms with Gasteiger partial charge in [-0.3, -0.25) is 14.4 Å². The number of halogens is 4. The van der Waals surface area contributed by atoms with Crippen molar-refractivity contribution < 1.29 is 41.8 Å². The summed E-state index contributed by atoms with van der Waals surface area (Å²) in [6.45, 7) is 7.93. The Bertz CT molecular complexity index is 2150. The van der Waals surface area contributed by atoms with E-state index in [4.69, 9.17) is 27.1 Å². The highest BCUT2D eigenvalue weighted by molar-refractivity contribution is 6.34. The number of hydrogen-bond acceptors (Lipinski definition) is 10. The third-order valence-corrected chi connectivity index (χ3v) is 10.4. The molecule has 4 atom stereocenters. The highest BCUT2D eigenvalue weighted by Gasteiger charge is 2.43. The molecule has 2 fully saturated rings. The van der Waals surface area contributed by atoms with Gasteiger partial charge < -0.3 is 45.9 Å². The lowest BCUT2D eigenvalue weighted by molar-refractivity contribution is -0.274. The molecule has 2 aromatic carbocycles. The molecule has 6 N–H and O–H groups in total. The molecule has 6 rings (SSSR count). The number of alkyl halides is 3. The maximum atomic E-state index is 13.7. The van der Waals surface area contributed by atoms with Crippen LogP contribution in [0, 0.1) is 11.8 Å². The first-order valence-corrected chi connectivity index (χ1v) is 18.8. The van der Waals surface area contributed by atoms with Crippen molar-refractivity contribution in [1.29, 1.82) is 0 Å². The molecule has 2 aliphatic heterocycles. The van der Waals surface area contributed by atoms with E-state index in [9.17, 15) is 32.3 Å². The second-order valence-corrected chi connectivity index (χ2v) is 14.8. The number of carbonyl (C=O) groups excluding carboxylic acids is 4. The first kappa shape index (κ1) is 41.7. The number of likely N-dealkylation sites (tertiary alicyclic amines) is 1. The van der Waals surface area contributed by atoms with Crippen molar-refractivity contribution >= 4 is 46.9 Å². The van der Waals surface area contributed by atoms with Gasteiger partial charge in [0, 0.05) is 61.8 Å². The number of H-pyrrole nitrogens is 1. The maximum Gasteiger partial charge on any atom is 0.573 e. The van der Waals surface area contributed by atoms with E-state index in [1.807, 2.05) is 0 Å². The SMILES string of the molecule is COC(=O)N[C@H](C(=O)N1C[C@@H](C(N)=O)C[C@H]1c1nc(-c2ccc(-c3cc(Cl)c(NC(=O)c4ccc(N5CCNCC5C)nc4)cc3OC(F)(F)F)cc2)c[nH]1)C(C)C. The van der Waals surface area contributed by atoms with E-state index >= 15 is 0 Å². The molecule has 15 nitrogen and oxygen atoms in total. The van der Waals surface area contributed by atoms with Gasteiger partial charge in [0.05, 0.1) is 41.0 Å². The van der Waals surface area contributed by atoms with Crippen LogP contribution in [0.5, 0.6) is 5.75 Å². The summed E-state index contributed by atoms with van der Waals surface area (Å²) < 4.78 is 50.2. The highest BCUT2D eigenvalue weighted by atomic mass is 35.5. The molecule has 2 saturated heterocycles. The third-order valence-electron chi connectivity index (χ3n) is 10.1. The molecule has 0 radical (unpaired) electrons. The lowest BCUT2D eigenvalue weighted by Crippen LogP contribution is -2.51. The Morgan fingerprint density at radius 2 is 1.79 bits per heavy atom. The van der Waals surface area contributed by atoms with Gasteiger partial charge in [0.15, 0.2) is 0 Å². The number of nitrogens with one attached hydrogen (secondary N) is 4. The normalized spacial score (nSPS) is 18.8. The van der Waals surface area contributed by atoms with Crippen molar-refractivity contribution in [3.63, 3.8) is 0 Å². The zero-order chi connectivity index (χ0) is 41.9. The Kier molecular flexibility index (Phi) is 12.5. The van der Waals surface area contributed by atoms with Crippen LogP contribution in [-0.4, -0.2) is 95.4 Å². The smallest absolute Gasteiger partial charge is 0.453 e. The van der Waals surface area contributed by atoms with Crippen molar-refractivity contribution in [3.05, 3.63) is 77.3 Å². The summed E-state index contributed by atoms with van der Waals surface area (Å²) >= 11 is 6.54. The number of amides is 4. The summed E-state index contributed by atoms with van der Waals surface area (Å²) in [5.74, 6) is -2.17. The first-order valence-electron chi connectivity index (χ1n) is 18.5. The van der Waals surface area contributed by atoms with Gasteiger partial charge in [-0.25, -0.2) is 14.8 Å². The van der Waals surface area contributed by atoms with Crippen molar-refractivity contribution in [3.8, 4) is 28.1 Å². The van der Waals surface area contributed by atoms with Crippen LogP contribution in [0.25, 0.3) is 22.4 Å². The van der Waals surface area contributed by atoms with Crippen LogP contribution in [0.15, 0.2) is 60.9 Å². The molecule has 0 saturated carbocycles. The zero-order valence-electron chi connectivity index (χ0n) is 32.0.